The number of hydrogen-bond donors (Lipinski definition) is 2. The van der Waals surface area contributed by atoms with E-state index >= 15 is 0 Å². The second-order valence-corrected chi connectivity index (χ2v) is 5.48. The molecule has 0 saturated carbocycles. The molecule has 0 amide bonds. The maximum atomic E-state index is 5.86. The first-order valence-electron chi connectivity index (χ1n) is 5.58. The normalized spacial score (nSPS) is 10.4. The highest BCUT2D eigenvalue weighted by Gasteiger charge is 1.96. The third-order valence-electron chi connectivity index (χ3n) is 2.33. The molecule has 2 nitrogen and oxygen atoms in total. The quantitative estimate of drug-likeness (QED) is 0.781. The average Bonchev–Trinajstić information content (AvgIpc) is 2.76. The molecular formula is C13H15ClN2S. The van der Waals surface area contributed by atoms with E-state index in [0.29, 0.717) is 0 Å². The minimum atomic E-state index is 0.851. The minimum Gasteiger partial charge on any atom is -0.384 e. The largest absolute Gasteiger partial charge is 0.384 e. The van der Waals surface area contributed by atoms with Crippen molar-refractivity contribution >= 4 is 28.6 Å². The molecule has 1 aromatic heterocycles. The molecule has 2 aromatic rings. The van der Waals surface area contributed by atoms with Crippen LogP contribution in [0, 0.1) is 0 Å². The first kappa shape index (κ1) is 12.4. The molecule has 0 fully saturated rings. The van der Waals surface area contributed by atoms with Crippen molar-refractivity contribution in [1.82, 2.24) is 5.32 Å². The predicted molar refractivity (Wildman–Crippen MR) is 76.0 cm³/mol. The number of hydrogen-bond acceptors (Lipinski definition) is 3. The van der Waals surface area contributed by atoms with Gasteiger partial charge in [0.2, 0.25) is 0 Å². The molecule has 2 rings (SSSR count). The molecule has 0 unspecified atom stereocenters. The first-order valence-corrected chi connectivity index (χ1v) is 6.78. The van der Waals surface area contributed by atoms with Crippen molar-refractivity contribution < 1.29 is 0 Å². The van der Waals surface area contributed by atoms with Gasteiger partial charge in [-0.05, 0) is 24.3 Å². The Kier molecular flexibility index (Phi) is 4.86. The molecule has 0 saturated heterocycles. The van der Waals surface area contributed by atoms with Crippen molar-refractivity contribution in [2.45, 2.75) is 6.54 Å². The van der Waals surface area contributed by atoms with Gasteiger partial charge in [-0.1, -0.05) is 29.8 Å². The summed E-state index contributed by atoms with van der Waals surface area (Å²) < 4.78 is 0.851. The lowest BCUT2D eigenvalue weighted by molar-refractivity contribution is 0.714. The average molecular weight is 267 g/mol. The Labute approximate surface area is 111 Å². The van der Waals surface area contributed by atoms with Crippen molar-refractivity contribution in [3.05, 3.63) is 51.7 Å². The zero-order chi connectivity index (χ0) is 11.9. The van der Waals surface area contributed by atoms with Crippen LogP contribution in [0.15, 0.2) is 42.5 Å². The molecule has 0 aliphatic rings. The zero-order valence-electron chi connectivity index (χ0n) is 9.45. The van der Waals surface area contributed by atoms with Crippen molar-refractivity contribution in [2.24, 2.45) is 0 Å². The van der Waals surface area contributed by atoms with Gasteiger partial charge in [-0.3, -0.25) is 0 Å². The Morgan fingerprint density at radius 2 is 1.82 bits per heavy atom. The monoisotopic (exact) mass is 266 g/mol. The highest BCUT2D eigenvalue weighted by atomic mass is 35.5. The zero-order valence-corrected chi connectivity index (χ0v) is 11.0. The molecule has 4 heteroatoms. The molecule has 0 aliphatic heterocycles. The van der Waals surface area contributed by atoms with Gasteiger partial charge in [0, 0.05) is 30.2 Å². The summed E-state index contributed by atoms with van der Waals surface area (Å²) in [5.74, 6) is 0. The van der Waals surface area contributed by atoms with Gasteiger partial charge >= 0.3 is 0 Å². The fraction of sp³-hybridized carbons (Fsp3) is 0.231. The van der Waals surface area contributed by atoms with Crippen LogP contribution in [-0.2, 0) is 6.54 Å². The lowest BCUT2D eigenvalue weighted by Gasteiger charge is -2.06. The van der Waals surface area contributed by atoms with Gasteiger partial charge < -0.3 is 10.6 Å². The van der Waals surface area contributed by atoms with Crippen LogP contribution in [0.4, 0.5) is 5.69 Å². The molecule has 0 radical (unpaired) electrons. The molecule has 1 heterocycles. The Balaban J connectivity index is 1.61. The summed E-state index contributed by atoms with van der Waals surface area (Å²) in [6.45, 7) is 2.74. The number of rotatable bonds is 6. The molecule has 0 bridgehead atoms. The third kappa shape index (κ3) is 4.38. The van der Waals surface area contributed by atoms with E-state index in [-0.39, 0.29) is 0 Å². The SMILES string of the molecule is Clc1ccc(CNCCNc2ccccc2)s1. The maximum absolute atomic E-state index is 5.86. The molecule has 0 atom stereocenters. The second kappa shape index (κ2) is 6.64. The van der Waals surface area contributed by atoms with Gasteiger partial charge in [0.15, 0.2) is 0 Å². The summed E-state index contributed by atoms with van der Waals surface area (Å²) in [5, 5.41) is 6.73. The standard InChI is InChI=1S/C13H15ClN2S/c14-13-7-6-12(17-13)10-15-8-9-16-11-4-2-1-3-5-11/h1-7,15-16H,8-10H2. The molecule has 90 valence electrons. The number of halogens is 1. The lowest BCUT2D eigenvalue weighted by atomic mass is 10.3. The van der Waals surface area contributed by atoms with Crippen LogP contribution >= 0.6 is 22.9 Å². The van der Waals surface area contributed by atoms with E-state index < -0.39 is 0 Å². The summed E-state index contributed by atoms with van der Waals surface area (Å²) in [7, 11) is 0. The molecule has 17 heavy (non-hydrogen) atoms. The van der Waals surface area contributed by atoms with Gasteiger partial charge in [-0.25, -0.2) is 0 Å². The minimum absolute atomic E-state index is 0.851. The van der Waals surface area contributed by atoms with Gasteiger partial charge in [-0.15, -0.1) is 11.3 Å². The van der Waals surface area contributed by atoms with Gasteiger partial charge in [0.1, 0.15) is 0 Å². The number of nitrogens with one attached hydrogen (secondary N) is 2. The summed E-state index contributed by atoms with van der Waals surface area (Å²) in [6, 6.07) is 14.2. The van der Waals surface area contributed by atoms with Gasteiger partial charge in [0.25, 0.3) is 0 Å². The second-order valence-electron chi connectivity index (χ2n) is 3.68. The van der Waals surface area contributed by atoms with Crippen LogP contribution < -0.4 is 10.6 Å². The summed E-state index contributed by atoms with van der Waals surface area (Å²) in [6.07, 6.45) is 0. The lowest BCUT2D eigenvalue weighted by Crippen LogP contribution is -2.21. The smallest absolute Gasteiger partial charge is 0.0931 e. The molecule has 0 aliphatic carbocycles. The summed E-state index contributed by atoms with van der Waals surface area (Å²) >= 11 is 7.48. The van der Waals surface area contributed by atoms with E-state index in [1.54, 1.807) is 11.3 Å². The van der Waals surface area contributed by atoms with E-state index in [1.165, 1.54) is 4.88 Å². The summed E-state index contributed by atoms with van der Waals surface area (Å²) in [4.78, 5) is 1.27. The Morgan fingerprint density at radius 1 is 1.00 bits per heavy atom. The molecule has 2 N–H and O–H groups in total. The Morgan fingerprint density at radius 3 is 2.53 bits per heavy atom. The van der Waals surface area contributed by atoms with E-state index in [0.717, 1.165) is 29.7 Å². The Bertz CT molecular complexity index is 442. The van der Waals surface area contributed by atoms with Crippen LogP contribution in [0.3, 0.4) is 0 Å². The number of anilines is 1. The number of para-hydroxylation sites is 1. The fourth-order valence-corrected chi connectivity index (χ4v) is 2.57. The van der Waals surface area contributed by atoms with Crippen LogP contribution in [0.1, 0.15) is 4.88 Å². The van der Waals surface area contributed by atoms with E-state index in [1.807, 2.05) is 24.3 Å². The van der Waals surface area contributed by atoms with E-state index in [4.69, 9.17) is 11.6 Å². The first-order chi connectivity index (χ1) is 8.34. The third-order valence-corrected chi connectivity index (χ3v) is 3.56. The fourth-order valence-electron chi connectivity index (χ4n) is 1.51. The highest BCUT2D eigenvalue weighted by molar-refractivity contribution is 7.16. The van der Waals surface area contributed by atoms with Crippen molar-refractivity contribution in [1.29, 1.82) is 0 Å². The van der Waals surface area contributed by atoms with Crippen molar-refractivity contribution in [2.75, 3.05) is 18.4 Å². The van der Waals surface area contributed by atoms with Crippen molar-refractivity contribution in [3.63, 3.8) is 0 Å². The van der Waals surface area contributed by atoms with E-state index in [2.05, 4.69) is 28.8 Å². The van der Waals surface area contributed by atoms with E-state index in [9.17, 15) is 0 Å². The number of benzene rings is 1. The van der Waals surface area contributed by atoms with Gasteiger partial charge in [-0.2, -0.15) is 0 Å². The summed E-state index contributed by atoms with van der Waals surface area (Å²) in [5.41, 5.74) is 1.16. The van der Waals surface area contributed by atoms with Crippen LogP contribution in [0.5, 0.6) is 0 Å². The molecule has 0 spiro atoms. The molecule has 1 aromatic carbocycles. The van der Waals surface area contributed by atoms with Crippen LogP contribution in [-0.4, -0.2) is 13.1 Å². The highest BCUT2D eigenvalue weighted by Crippen LogP contribution is 2.20. The van der Waals surface area contributed by atoms with Crippen LogP contribution in [0.25, 0.3) is 0 Å². The Hall–Kier alpha value is -1.03. The maximum Gasteiger partial charge on any atom is 0.0931 e. The number of thiophene rings is 1. The molecular weight excluding hydrogens is 252 g/mol. The van der Waals surface area contributed by atoms with Crippen LogP contribution in [0.2, 0.25) is 4.34 Å². The topological polar surface area (TPSA) is 24.1 Å². The van der Waals surface area contributed by atoms with Gasteiger partial charge in [0.05, 0.1) is 4.34 Å². The predicted octanol–water partition coefficient (Wildman–Crippen LogP) is 3.60. The van der Waals surface area contributed by atoms with Crippen molar-refractivity contribution in [3.8, 4) is 0 Å².